The number of carbonyl (C=O) groups excluding carboxylic acids is 3. The maximum Gasteiger partial charge on any atom is 0.306 e. The van der Waals surface area contributed by atoms with Gasteiger partial charge in [-0.2, -0.15) is 0 Å². The van der Waals surface area contributed by atoms with E-state index in [1.54, 1.807) is 0 Å². The fraction of sp³-hybridized carbons (Fsp3) is 0.790. The second kappa shape index (κ2) is 56.7. The van der Waals surface area contributed by atoms with Crippen LogP contribution in [0.5, 0.6) is 0 Å². The number of unbranched alkanes of at least 4 members (excludes halogenated alkanes) is 32. The molecule has 0 aliphatic rings. The average molecular weight is 952 g/mol. The summed E-state index contributed by atoms with van der Waals surface area (Å²) in [4.78, 5) is 38.1. The minimum Gasteiger partial charge on any atom is -0.462 e. The van der Waals surface area contributed by atoms with Gasteiger partial charge in [-0.3, -0.25) is 14.4 Å². The Balaban J connectivity index is 4.32. The molecule has 0 saturated heterocycles. The van der Waals surface area contributed by atoms with E-state index < -0.39 is 6.10 Å². The van der Waals surface area contributed by atoms with Gasteiger partial charge in [0.05, 0.1) is 0 Å². The van der Waals surface area contributed by atoms with Gasteiger partial charge in [0, 0.05) is 19.3 Å². The van der Waals surface area contributed by atoms with Crippen molar-refractivity contribution in [1.29, 1.82) is 0 Å². The van der Waals surface area contributed by atoms with Crippen molar-refractivity contribution >= 4 is 17.9 Å². The molecule has 1 unspecified atom stereocenters. The first-order valence-corrected chi connectivity index (χ1v) is 29.3. The van der Waals surface area contributed by atoms with Crippen molar-refractivity contribution in [1.82, 2.24) is 0 Å². The topological polar surface area (TPSA) is 78.9 Å². The zero-order valence-corrected chi connectivity index (χ0v) is 45.1. The number of esters is 3. The second-order valence-corrected chi connectivity index (χ2v) is 19.6. The van der Waals surface area contributed by atoms with E-state index in [1.807, 2.05) is 0 Å². The van der Waals surface area contributed by atoms with Crippen LogP contribution in [0.25, 0.3) is 0 Å². The molecule has 0 amide bonds. The maximum absolute atomic E-state index is 12.8. The van der Waals surface area contributed by atoms with Crippen LogP contribution < -0.4 is 0 Å². The van der Waals surface area contributed by atoms with Crippen molar-refractivity contribution in [3.05, 3.63) is 60.8 Å². The van der Waals surface area contributed by atoms with Gasteiger partial charge in [0.2, 0.25) is 0 Å². The van der Waals surface area contributed by atoms with E-state index in [0.717, 1.165) is 103 Å². The number of allylic oxidation sites excluding steroid dienone is 10. The summed E-state index contributed by atoms with van der Waals surface area (Å²) in [5.74, 6) is -0.890. The quantitative estimate of drug-likeness (QED) is 0.0262. The van der Waals surface area contributed by atoms with Gasteiger partial charge in [0.25, 0.3) is 0 Å². The summed E-state index contributed by atoms with van der Waals surface area (Å²) in [5.41, 5.74) is 0. The lowest BCUT2D eigenvalue weighted by Crippen LogP contribution is -2.30. The third-order valence-corrected chi connectivity index (χ3v) is 12.7. The Labute approximate surface area is 421 Å². The minimum atomic E-state index is -0.781. The predicted octanol–water partition coefficient (Wildman–Crippen LogP) is 19.6. The molecule has 6 heteroatoms. The van der Waals surface area contributed by atoms with Crippen molar-refractivity contribution < 1.29 is 28.6 Å². The van der Waals surface area contributed by atoms with E-state index in [9.17, 15) is 14.4 Å². The smallest absolute Gasteiger partial charge is 0.306 e. The molecule has 0 aromatic heterocycles. The standard InChI is InChI=1S/C62H110O6/c1-4-7-10-13-16-19-22-25-27-28-29-30-31-32-33-34-35-38-40-43-46-49-52-55-61(64)67-58-59(57-66-60(63)54-51-48-45-42-39-36-24-21-18-15-12-9-6-3)68-62(65)56-53-50-47-44-41-37-26-23-20-17-14-11-8-5-2/h12,15,21-22,24-25,28-29,31-32,59H,4-11,13-14,16-20,23,26-27,30,33-58H2,1-3H3/b15-12-,24-21-,25-22-,29-28-,32-31-. The van der Waals surface area contributed by atoms with E-state index in [1.165, 1.54) is 154 Å². The number of ether oxygens (including phenoxy) is 3. The molecule has 0 aliphatic heterocycles. The highest BCUT2D eigenvalue weighted by Gasteiger charge is 2.19. The summed E-state index contributed by atoms with van der Waals surface area (Å²) in [6.07, 6.45) is 70.7. The predicted molar refractivity (Wildman–Crippen MR) is 293 cm³/mol. The fourth-order valence-corrected chi connectivity index (χ4v) is 8.31. The Morgan fingerprint density at radius 1 is 0.294 bits per heavy atom. The van der Waals surface area contributed by atoms with Gasteiger partial charge in [0.1, 0.15) is 13.2 Å². The van der Waals surface area contributed by atoms with Crippen LogP contribution in [0.2, 0.25) is 0 Å². The SMILES string of the molecule is CCC/C=C\C/C=C\CCCCCCCC(=O)OCC(COC(=O)CCCCCCCCCC/C=C\C/C=C\C/C=C\CCCCCCC)OC(=O)CCCCCCCCCCCCCCCC. The molecule has 0 fully saturated rings. The molecule has 0 radical (unpaired) electrons. The summed E-state index contributed by atoms with van der Waals surface area (Å²) in [6.45, 7) is 6.57. The van der Waals surface area contributed by atoms with Crippen LogP contribution in [0.4, 0.5) is 0 Å². The van der Waals surface area contributed by atoms with Crippen LogP contribution in [0.15, 0.2) is 60.8 Å². The molecule has 1 atom stereocenters. The highest BCUT2D eigenvalue weighted by Crippen LogP contribution is 2.16. The summed E-state index contributed by atoms with van der Waals surface area (Å²) >= 11 is 0. The van der Waals surface area contributed by atoms with E-state index in [4.69, 9.17) is 14.2 Å². The highest BCUT2D eigenvalue weighted by atomic mass is 16.6. The molecule has 6 nitrogen and oxygen atoms in total. The third-order valence-electron chi connectivity index (χ3n) is 12.7. The number of carbonyl (C=O) groups is 3. The van der Waals surface area contributed by atoms with Gasteiger partial charge in [0.15, 0.2) is 6.10 Å². The largest absolute Gasteiger partial charge is 0.462 e. The van der Waals surface area contributed by atoms with Crippen LogP contribution >= 0.6 is 0 Å². The van der Waals surface area contributed by atoms with Gasteiger partial charge < -0.3 is 14.2 Å². The molecule has 0 spiro atoms. The molecule has 0 aromatic carbocycles. The van der Waals surface area contributed by atoms with Crippen LogP contribution in [0.1, 0.15) is 297 Å². The van der Waals surface area contributed by atoms with Gasteiger partial charge in [-0.1, -0.05) is 255 Å². The number of rotatable bonds is 53. The molecule has 0 aliphatic carbocycles. The molecular weight excluding hydrogens is 841 g/mol. The lowest BCUT2D eigenvalue weighted by molar-refractivity contribution is -0.167. The van der Waals surface area contributed by atoms with Crippen molar-refractivity contribution in [3.8, 4) is 0 Å². The summed E-state index contributed by atoms with van der Waals surface area (Å²) < 4.78 is 16.9. The molecule has 0 bridgehead atoms. The van der Waals surface area contributed by atoms with Gasteiger partial charge >= 0.3 is 17.9 Å². The van der Waals surface area contributed by atoms with E-state index in [2.05, 4.69) is 81.5 Å². The average Bonchev–Trinajstić information content (AvgIpc) is 3.34. The second-order valence-electron chi connectivity index (χ2n) is 19.6. The van der Waals surface area contributed by atoms with Gasteiger partial charge in [-0.05, 0) is 83.5 Å². The van der Waals surface area contributed by atoms with Crippen LogP contribution in [0, 0.1) is 0 Å². The summed E-state index contributed by atoms with van der Waals surface area (Å²) in [7, 11) is 0. The van der Waals surface area contributed by atoms with Crippen LogP contribution in [-0.2, 0) is 28.6 Å². The Morgan fingerprint density at radius 3 is 0.882 bits per heavy atom. The summed E-state index contributed by atoms with van der Waals surface area (Å²) in [5, 5.41) is 0. The normalized spacial score (nSPS) is 12.5. The molecule has 0 heterocycles. The zero-order valence-electron chi connectivity index (χ0n) is 45.1. The van der Waals surface area contributed by atoms with Crippen molar-refractivity contribution in [2.75, 3.05) is 13.2 Å². The molecule has 0 N–H and O–H groups in total. The molecule has 0 aromatic rings. The Hall–Kier alpha value is -2.89. The first-order valence-electron chi connectivity index (χ1n) is 29.3. The molecule has 394 valence electrons. The van der Waals surface area contributed by atoms with Gasteiger partial charge in [-0.25, -0.2) is 0 Å². The van der Waals surface area contributed by atoms with Crippen molar-refractivity contribution in [2.45, 2.75) is 303 Å². The molecule has 0 rings (SSSR count). The molecule has 0 saturated carbocycles. The van der Waals surface area contributed by atoms with Crippen molar-refractivity contribution in [2.24, 2.45) is 0 Å². The number of hydrogen-bond acceptors (Lipinski definition) is 6. The van der Waals surface area contributed by atoms with Crippen molar-refractivity contribution in [3.63, 3.8) is 0 Å². The van der Waals surface area contributed by atoms with E-state index in [0.29, 0.717) is 19.3 Å². The minimum absolute atomic E-state index is 0.0804. The Kier molecular flexibility index (Phi) is 54.3. The van der Waals surface area contributed by atoms with Gasteiger partial charge in [-0.15, -0.1) is 0 Å². The van der Waals surface area contributed by atoms with E-state index >= 15 is 0 Å². The molecular formula is C62H110O6. The highest BCUT2D eigenvalue weighted by molar-refractivity contribution is 5.71. The first kappa shape index (κ1) is 65.1. The van der Waals surface area contributed by atoms with Crippen LogP contribution in [0.3, 0.4) is 0 Å². The molecule has 68 heavy (non-hydrogen) atoms. The maximum atomic E-state index is 12.8. The lowest BCUT2D eigenvalue weighted by atomic mass is 10.0. The Morgan fingerprint density at radius 2 is 0.559 bits per heavy atom. The third kappa shape index (κ3) is 54.1. The summed E-state index contributed by atoms with van der Waals surface area (Å²) in [6, 6.07) is 0. The Bertz CT molecular complexity index is 1230. The zero-order chi connectivity index (χ0) is 49.3. The van der Waals surface area contributed by atoms with E-state index in [-0.39, 0.29) is 31.1 Å². The first-order chi connectivity index (χ1) is 33.5. The fourth-order valence-electron chi connectivity index (χ4n) is 8.31. The lowest BCUT2D eigenvalue weighted by Gasteiger charge is -2.18. The number of hydrogen-bond donors (Lipinski definition) is 0. The monoisotopic (exact) mass is 951 g/mol. The van der Waals surface area contributed by atoms with Crippen LogP contribution in [-0.4, -0.2) is 37.2 Å².